The standard InChI is InChI=1S/C16H19IN2O5/c1-8-12(15(20)24-5)13(18-16(21)19(8)2)9-6-10(17)14(23-4)11(7-9)22-3/h6-7,13H,1-5H3,(H,18,21). The molecule has 1 aliphatic heterocycles. The number of benzene rings is 1. The number of hydrogen-bond donors (Lipinski definition) is 1. The van der Waals surface area contributed by atoms with E-state index in [0.29, 0.717) is 28.3 Å². The van der Waals surface area contributed by atoms with E-state index in [2.05, 4.69) is 27.9 Å². The lowest BCUT2D eigenvalue weighted by Gasteiger charge is -2.33. The SMILES string of the molecule is COC(=O)C1=C(C)N(C)C(=O)NC1c1cc(I)c(OC)c(OC)c1. The van der Waals surface area contributed by atoms with Gasteiger partial charge in [-0.15, -0.1) is 0 Å². The molecule has 0 spiro atoms. The van der Waals surface area contributed by atoms with Crippen LogP contribution in [0.25, 0.3) is 0 Å². The van der Waals surface area contributed by atoms with Crippen molar-refractivity contribution in [3.63, 3.8) is 0 Å². The van der Waals surface area contributed by atoms with Crippen LogP contribution in [0.3, 0.4) is 0 Å². The number of carbonyl (C=O) groups is 2. The molecule has 2 rings (SSSR count). The van der Waals surface area contributed by atoms with Crippen molar-refractivity contribution in [1.29, 1.82) is 0 Å². The molecular weight excluding hydrogens is 427 g/mol. The summed E-state index contributed by atoms with van der Waals surface area (Å²) >= 11 is 2.12. The molecule has 24 heavy (non-hydrogen) atoms. The van der Waals surface area contributed by atoms with Crippen molar-refractivity contribution >= 4 is 34.6 Å². The summed E-state index contributed by atoms with van der Waals surface area (Å²) in [5.41, 5.74) is 1.63. The molecule has 1 aromatic carbocycles. The number of allylic oxidation sites excluding steroid dienone is 1. The van der Waals surface area contributed by atoms with Crippen LogP contribution < -0.4 is 14.8 Å². The highest BCUT2D eigenvalue weighted by Gasteiger charge is 2.35. The quantitative estimate of drug-likeness (QED) is 0.568. The van der Waals surface area contributed by atoms with E-state index in [4.69, 9.17) is 14.2 Å². The molecule has 7 nitrogen and oxygen atoms in total. The fraction of sp³-hybridized carbons (Fsp3) is 0.375. The van der Waals surface area contributed by atoms with Crippen LogP contribution in [0, 0.1) is 3.57 Å². The second-order valence-electron chi connectivity index (χ2n) is 5.17. The maximum absolute atomic E-state index is 12.3. The minimum absolute atomic E-state index is 0.296. The lowest BCUT2D eigenvalue weighted by atomic mass is 9.94. The lowest BCUT2D eigenvalue weighted by Crippen LogP contribution is -2.46. The fourth-order valence-corrected chi connectivity index (χ4v) is 3.41. The van der Waals surface area contributed by atoms with Gasteiger partial charge < -0.3 is 24.4 Å². The van der Waals surface area contributed by atoms with Crippen LogP contribution in [-0.4, -0.2) is 45.3 Å². The van der Waals surface area contributed by atoms with E-state index in [0.717, 1.165) is 3.57 Å². The number of nitrogens with zero attached hydrogens (tertiary/aromatic N) is 1. The highest BCUT2D eigenvalue weighted by atomic mass is 127. The minimum Gasteiger partial charge on any atom is -0.493 e. The second kappa shape index (κ2) is 7.29. The Kier molecular flexibility index (Phi) is 5.58. The van der Waals surface area contributed by atoms with Crippen LogP contribution >= 0.6 is 22.6 Å². The van der Waals surface area contributed by atoms with Crippen molar-refractivity contribution in [2.24, 2.45) is 0 Å². The Morgan fingerprint density at radius 3 is 2.46 bits per heavy atom. The first-order chi connectivity index (χ1) is 11.3. The Bertz CT molecular complexity index is 717. The third kappa shape index (κ3) is 3.14. The highest BCUT2D eigenvalue weighted by Crippen LogP contribution is 2.38. The van der Waals surface area contributed by atoms with Gasteiger partial charge in [0.1, 0.15) is 0 Å². The van der Waals surface area contributed by atoms with E-state index < -0.39 is 12.0 Å². The van der Waals surface area contributed by atoms with Crippen molar-refractivity contribution < 1.29 is 23.8 Å². The van der Waals surface area contributed by atoms with Crippen molar-refractivity contribution in [1.82, 2.24) is 10.2 Å². The summed E-state index contributed by atoms with van der Waals surface area (Å²) in [5.74, 6) is 0.630. The van der Waals surface area contributed by atoms with Crippen LogP contribution in [-0.2, 0) is 9.53 Å². The highest BCUT2D eigenvalue weighted by molar-refractivity contribution is 14.1. The van der Waals surface area contributed by atoms with Gasteiger partial charge in [-0.2, -0.15) is 0 Å². The summed E-state index contributed by atoms with van der Waals surface area (Å²) in [5, 5.41) is 2.82. The summed E-state index contributed by atoms with van der Waals surface area (Å²) in [6.07, 6.45) is 0. The van der Waals surface area contributed by atoms with Gasteiger partial charge in [0.25, 0.3) is 0 Å². The Balaban J connectivity index is 2.63. The first kappa shape index (κ1) is 18.4. The Morgan fingerprint density at radius 2 is 1.92 bits per heavy atom. The first-order valence-corrected chi connectivity index (χ1v) is 8.18. The Hall–Kier alpha value is -1.97. The second-order valence-corrected chi connectivity index (χ2v) is 6.33. The summed E-state index contributed by atoms with van der Waals surface area (Å²) < 4.78 is 16.4. The molecular formula is C16H19IN2O5. The lowest BCUT2D eigenvalue weighted by molar-refractivity contribution is -0.136. The monoisotopic (exact) mass is 446 g/mol. The molecule has 1 atom stereocenters. The molecule has 1 N–H and O–H groups in total. The summed E-state index contributed by atoms with van der Waals surface area (Å²) in [6, 6.07) is 2.66. The van der Waals surface area contributed by atoms with E-state index in [1.165, 1.54) is 19.1 Å². The topological polar surface area (TPSA) is 77.1 Å². The average molecular weight is 446 g/mol. The number of halogens is 1. The zero-order valence-electron chi connectivity index (χ0n) is 14.1. The molecule has 0 aromatic heterocycles. The van der Waals surface area contributed by atoms with Gasteiger partial charge >= 0.3 is 12.0 Å². The molecule has 0 aliphatic carbocycles. The number of carbonyl (C=O) groups excluding carboxylic acids is 2. The van der Waals surface area contributed by atoms with Crippen LogP contribution in [0.15, 0.2) is 23.4 Å². The van der Waals surface area contributed by atoms with E-state index in [1.54, 1.807) is 27.1 Å². The first-order valence-electron chi connectivity index (χ1n) is 7.10. The Labute approximate surface area is 154 Å². The number of urea groups is 1. The fourth-order valence-electron chi connectivity index (χ4n) is 2.56. The molecule has 1 heterocycles. The normalized spacial score (nSPS) is 17.5. The zero-order valence-corrected chi connectivity index (χ0v) is 16.3. The van der Waals surface area contributed by atoms with Crippen molar-refractivity contribution in [2.45, 2.75) is 13.0 Å². The number of esters is 1. The Morgan fingerprint density at radius 1 is 1.25 bits per heavy atom. The summed E-state index contributed by atoms with van der Waals surface area (Å²) in [7, 11) is 6.00. The number of hydrogen-bond acceptors (Lipinski definition) is 5. The maximum Gasteiger partial charge on any atom is 0.337 e. The molecule has 0 bridgehead atoms. The van der Waals surface area contributed by atoms with E-state index in [9.17, 15) is 9.59 Å². The largest absolute Gasteiger partial charge is 0.493 e. The van der Waals surface area contributed by atoms with Gasteiger partial charge in [-0.25, -0.2) is 9.59 Å². The predicted molar refractivity (Wildman–Crippen MR) is 96.0 cm³/mol. The van der Waals surface area contributed by atoms with Gasteiger partial charge in [0, 0.05) is 12.7 Å². The maximum atomic E-state index is 12.3. The van der Waals surface area contributed by atoms with E-state index in [1.807, 2.05) is 6.07 Å². The van der Waals surface area contributed by atoms with Crippen molar-refractivity contribution in [2.75, 3.05) is 28.4 Å². The van der Waals surface area contributed by atoms with E-state index >= 15 is 0 Å². The molecule has 1 aliphatic rings. The minimum atomic E-state index is -0.630. The van der Waals surface area contributed by atoms with Gasteiger partial charge in [-0.05, 0) is 47.2 Å². The molecule has 0 radical (unpaired) electrons. The van der Waals surface area contributed by atoms with Crippen LogP contribution in [0.5, 0.6) is 11.5 Å². The van der Waals surface area contributed by atoms with Crippen molar-refractivity contribution in [3.8, 4) is 11.5 Å². The smallest absolute Gasteiger partial charge is 0.337 e. The van der Waals surface area contributed by atoms with Gasteiger partial charge in [0.05, 0.1) is 36.5 Å². The summed E-state index contributed by atoms with van der Waals surface area (Å²) in [4.78, 5) is 25.8. The number of amides is 2. The molecule has 130 valence electrons. The predicted octanol–water partition coefficient (Wildman–Crippen LogP) is 2.45. The van der Waals surface area contributed by atoms with Gasteiger partial charge in [-0.3, -0.25) is 0 Å². The molecule has 1 unspecified atom stereocenters. The third-order valence-corrected chi connectivity index (χ3v) is 4.75. The zero-order chi connectivity index (χ0) is 18.0. The number of methoxy groups -OCH3 is 3. The summed E-state index contributed by atoms with van der Waals surface area (Å²) in [6.45, 7) is 1.71. The molecule has 0 saturated heterocycles. The molecule has 0 saturated carbocycles. The van der Waals surface area contributed by atoms with Crippen LogP contribution in [0.1, 0.15) is 18.5 Å². The number of rotatable bonds is 4. The van der Waals surface area contributed by atoms with Crippen molar-refractivity contribution in [3.05, 3.63) is 32.5 Å². The molecule has 0 fully saturated rings. The molecule has 1 aromatic rings. The number of nitrogens with one attached hydrogen (secondary N) is 1. The van der Waals surface area contributed by atoms with E-state index in [-0.39, 0.29) is 6.03 Å². The molecule has 8 heteroatoms. The van der Waals surface area contributed by atoms with Gasteiger partial charge in [0.2, 0.25) is 0 Å². The third-order valence-electron chi connectivity index (χ3n) is 3.95. The van der Waals surface area contributed by atoms with Gasteiger partial charge in [0.15, 0.2) is 11.5 Å². The average Bonchev–Trinajstić information content (AvgIpc) is 2.57. The number of ether oxygens (including phenoxy) is 3. The van der Waals surface area contributed by atoms with Crippen LogP contribution in [0.4, 0.5) is 4.79 Å². The molecule has 2 amide bonds. The van der Waals surface area contributed by atoms with Crippen LogP contribution in [0.2, 0.25) is 0 Å². The van der Waals surface area contributed by atoms with Gasteiger partial charge in [-0.1, -0.05) is 0 Å².